The van der Waals surface area contributed by atoms with Gasteiger partial charge >= 0.3 is 0 Å². The Labute approximate surface area is 180 Å². The lowest BCUT2D eigenvalue weighted by molar-refractivity contribution is -0.138. The van der Waals surface area contributed by atoms with E-state index < -0.39 is 0 Å². The van der Waals surface area contributed by atoms with Gasteiger partial charge < -0.3 is 25.3 Å². The van der Waals surface area contributed by atoms with Crippen LogP contribution in [-0.2, 0) is 11.3 Å². The third kappa shape index (κ3) is 5.41. The van der Waals surface area contributed by atoms with Gasteiger partial charge in [-0.15, -0.1) is 0 Å². The quantitative estimate of drug-likeness (QED) is 0.536. The largest absolute Gasteiger partial charge is 0.355 e. The molecule has 3 rings (SSSR count). The van der Waals surface area contributed by atoms with Gasteiger partial charge in [0.05, 0.1) is 5.41 Å². The minimum Gasteiger partial charge on any atom is -0.355 e. The van der Waals surface area contributed by atoms with Crippen LogP contribution in [0, 0.1) is 5.41 Å². The number of rotatable bonds is 6. The fraction of sp³-hybridized carbons (Fsp3) is 0.682. The van der Waals surface area contributed by atoms with E-state index in [2.05, 4.69) is 43.5 Å². The second kappa shape index (κ2) is 10.1. The zero-order chi connectivity index (χ0) is 21.6. The average Bonchev–Trinajstić information content (AvgIpc) is 3.24. The molecule has 0 bridgehead atoms. The van der Waals surface area contributed by atoms with E-state index >= 15 is 0 Å². The Morgan fingerprint density at radius 3 is 2.53 bits per heavy atom. The summed E-state index contributed by atoms with van der Waals surface area (Å²) in [6.45, 7) is 5.42. The van der Waals surface area contributed by atoms with E-state index in [0.717, 1.165) is 63.6 Å². The molecule has 2 aliphatic rings. The van der Waals surface area contributed by atoms with Crippen LogP contribution in [0.15, 0.2) is 23.3 Å². The van der Waals surface area contributed by atoms with E-state index in [-0.39, 0.29) is 11.3 Å². The lowest BCUT2D eigenvalue weighted by atomic mass is 9.84. The van der Waals surface area contributed by atoms with Crippen molar-refractivity contribution < 1.29 is 4.79 Å². The first-order valence-corrected chi connectivity index (χ1v) is 11.0. The molecule has 1 aliphatic heterocycles. The van der Waals surface area contributed by atoms with Gasteiger partial charge in [-0.25, -0.2) is 4.98 Å². The molecular formula is C22H37N7O. The van der Waals surface area contributed by atoms with E-state index in [1.54, 1.807) is 11.9 Å². The number of carbonyl (C=O) groups excluding carboxylic acids is 1. The van der Waals surface area contributed by atoms with E-state index in [1.165, 1.54) is 5.56 Å². The molecule has 1 aromatic rings. The van der Waals surface area contributed by atoms with Crippen molar-refractivity contribution in [2.45, 2.75) is 32.2 Å². The number of aliphatic imine (C=N–C) groups is 1. The molecule has 8 heteroatoms. The van der Waals surface area contributed by atoms with Crippen LogP contribution in [0.3, 0.4) is 0 Å². The Kier molecular flexibility index (Phi) is 7.53. The second-order valence-corrected chi connectivity index (χ2v) is 8.78. The number of aromatic nitrogens is 1. The third-order valence-electron chi connectivity index (χ3n) is 6.34. The average molecular weight is 416 g/mol. The van der Waals surface area contributed by atoms with Gasteiger partial charge in [-0.1, -0.05) is 12.8 Å². The van der Waals surface area contributed by atoms with Gasteiger partial charge in [0.25, 0.3) is 0 Å². The van der Waals surface area contributed by atoms with Crippen molar-refractivity contribution in [3.8, 4) is 0 Å². The van der Waals surface area contributed by atoms with Crippen LogP contribution in [0.4, 0.5) is 5.82 Å². The van der Waals surface area contributed by atoms with Gasteiger partial charge in [0.15, 0.2) is 5.96 Å². The van der Waals surface area contributed by atoms with Gasteiger partial charge in [0.2, 0.25) is 5.91 Å². The van der Waals surface area contributed by atoms with Crippen LogP contribution in [0.25, 0.3) is 0 Å². The fourth-order valence-corrected chi connectivity index (χ4v) is 4.43. The Morgan fingerprint density at radius 1 is 1.20 bits per heavy atom. The highest BCUT2D eigenvalue weighted by atomic mass is 16.2. The molecule has 166 valence electrons. The van der Waals surface area contributed by atoms with Crippen LogP contribution in [-0.4, -0.2) is 87.6 Å². The van der Waals surface area contributed by atoms with E-state index in [9.17, 15) is 4.79 Å². The maximum atomic E-state index is 12.8. The summed E-state index contributed by atoms with van der Waals surface area (Å²) in [6.07, 6.45) is 5.97. The number of pyridine rings is 1. The molecule has 0 aromatic carbocycles. The molecule has 0 atom stereocenters. The van der Waals surface area contributed by atoms with Gasteiger partial charge in [-0.2, -0.15) is 0 Å². The minimum absolute atomic E-state index is 0.217. The number of likely N-dealkylation sites (N-methyl/N-ethyl adjacent to an activating group) is 1. The van der Waals surface area contributed by atoms with Crippen molar-refractivity contribution in [2.24, 2.45) is 10.4 Å². The van der Waals surface area contributed by atoms with Crippen molar-refractivity contribution in [2.75, 3.05) is 65.8 Å². The third-order valence-corrected chi connectivity index (χ3v) is 6.34. The molecule has 1 saturated heterocycles. The number of carbonyl (C=O) groups is 1. The number of nitrogens with zero attached hydrogens (tertiary/aromatic N) is 5. The number of amides is 1. The van der Waals surface area contributed by atoms with Crippen molar-refractivity contribution >= 4 is 17.7 Å². The first-order chi connectivity index (χ1) is 14.4. The smallest absolute Gasteiger partial charge is 0.230 e. The summed E-state index contributed by atoms with van der Waals surface area (Å²) in [6, 6.07) is 4.19. The maximum Gasteiger partial charge on any atom is 0.230 e. The summed E-state index contributed by atoms with van der Waals surface area (Å²) in [4.78, 5) is 28.1. The van der Waals surface area contributed by atoms with E-state index in [4.69, 9.17) is 0 Å². The zero-order valence-corrected chi connectivity index (χ0v) is 18.9. The number of nitrogens with one attached hydrogen (secondary N) is 2. The summed E-state index contributed by atoms with van der Waals surface area (Å²) in [5.74, 6) is 1.98. The topological polar surface area (TPSA) is 76.1 Å². The van der Waals surface area contributed by atoms with E-state index in [0.29, 0.717) is 13.1 Å². The molecule has 1 amide bonds. The molecular weight excluding hydrogens is 378 g/mol. The van der Waals surface area contributed by atoms with Crippen LogP contribution >= 0.6 is 0 Å². The molecule has 1 aromatic heterocycles. The highest BCUT2D eigenvalue weighted by Gasteiger charge is 2.42. The number of guanidine groups is 1. The van der Waals surface area contributed by atoms with Crippen molar-refractivity contribution in [3.63, 3.8) is 0 Å². The van der Waals surface area contributed by atoms with E-state index in [1.807, 2.05) is 26.4 Å². The number of hydrogen-bond acceptors (Lipinski definition) is 5. The molecule has 2 N–H and O–H groups in total. The Balaban J connectivity index is 1.55. The molecule has 0 radical (unpaired) electrons. The molecule has 1 saturated carbocycles. The highest BCUT2D eigenvalue weighted by molar-refractivity contribution is 5.85. The summed E-state index contributed by atoms with van der Waals surface area (Å²) in [5.41, 5.74) is 0.855. The van der Waals surface area contributed by atoms with Gasteiger partial charge in [-0.3, -0.25) is 9.79 Å². The highest BCUT2D eigenvalue weighted by Crippen LogP contribution is 2.38. The molecule has 30 heavy (non-hydrogen) atoms. The standard InChI is InChI=1S/C22H37N7O/c1-23-21(26-17-22(8-5-6-9-22)20(30)27(2)3)25-16-18-7-10-24-19(15-18)29-13-11-28(4)12-14-29/h7,10,15H,5-6,8-9,11-14,16-17H2,1-4H3,(H2,23,25,26). The number of anilines is 1. The second-order valence-electron chi connectivity index (χ2n) is 8.78. The Hall–Kier alpha value is -2.35. The van der Waals surface area contributed by atoms with Crippen LogP contribution in [0.1, 0.15) is 31.2 Å². The summed E-state index contributed by atoms with van der Waals surface area (Å²) in [5, 5.41) is 6.79. The molecule has 0 spiro atoms. The van der Waals surface area contributed by atoms with Crippen LogP contribution in [0.5, 0.6) is 0 Å². The van der Waals surface area contributed by atoms with Gasteiger partial charge in [0, 0.05) is 66.6 Å². The maximum absolute atomic E-state index is 12.8. The predicted molar refractivity (Wildman–Crippen MR) is 122 cm³/mol. The predicted octanol–water partition coefficient (Wildman–Crippen LogP) is 1.15. The van der Waals surface area contributed by atoms with Gasteiger partial charge in [-0.05, 0) is 37.6 Å². The first kappa shape index (κ1) is 22.3. The Morgan fingerprint density at radius 2 is 1.90 bits per heavy atom. The molecule has 0 unspecified atom stereocenters. The monoisotopic (exact) mass is 415 g/mol. The van der Waals surface area contributed by atoms with Crippen LogP contribution < -0.4 is 15.5 Å². The summed E-state index contributed by atoms with van der Waals surface area (Å²) >= 11 is 0. The molecule has 8 nitrogen and oxygen atoms in total. The van der Waals surface area contributed by atoms with Crippen molar-refractivity contribution in [1.82, 2.24) is 25.4 Å². The normalized spacial score (nSPS) is 19.6. The minimum atomic E-state index is -0.313. The molecule has 2 fully saturated rings. The SMILES string of the molecule is CN=C(NCc1ccnc(N2CCN(C)CC2)c1)NCC1(C(=O)N(C)C)CCCC1. The summed E-state index contributed by atoms with van der Waals surface area (Å²) < 4.78 is 0. The zero-order valence-electron chi connectivity index (χ0n) is 18.9. The van der Waals surface area contributed by atoms with Crippen molar-refractivity contribution in [3.05, 3.63) is 23.9 Å². The molecule has 2 heterocycles. The summed E-state index contributed by atoms with van der Waals surface area (Å²) in [7, 11) is 7.62. The Bertz CT molecular complexity index is 735. The fourth-order valence-electron chi connectivity index (χ4n) is 4.43. The number of piperazine rings is 1. The molecule has 1 aliphatic carbocycles. The van der Waals surface area contributed by atoms with Crippen molar-refractivity contribution in [1.29, 1.82) is 0 Å². The lowest BCUT2D eigenvalue weighted by Crippen LogP contribution is -2.49. The van der Waals surface area contributed by atoms with Gasteiger partial charge in [0.1, 0.15) is 5.82 Å². The first-order valence-electron chi connectivity index (χ1n) is 11.0. The number of hydrogen-bond donors (Lipinski definition) is 2. The van der Waals surface area contributed by atoms with Crippen LogP contribution in [0.2, 0.25) is 0 Å². The lowest BCUT2D eigenvalue weighted by Gasteiger charge is -2.33.